The molecule has 1 saturated heterocycles. The molecule has 2 bridgehead atoms. The van der Waals surface area contributed by atoms with E-state index < -0.39 is 46.8 Å². The Balaban J connectivity index is 1.14. The van der Waals surface area contributed by atoms with E-state index in [1.54, 1.807) is 12.1 Å². The van der Waals surface area contributed by atoms with Crippen molar-refractivity contribution in [1.82, 2.24) is 10.0 Å². The van der Waals surface area contributed by atoms with Gasteiger partial charge in [0.1, 0.15) is 18.0 Å². The summed E-state index contributed by atoms with van der Waals surface area (Å²) in [5.41, 5.74) is 0.355. The molecule has 0 spiro atoms. The quantitative estimate of drug-likeness (QED) is 0.113. The van der Waals surface area contributed by atoms with Gasteiger partial charge in [-0.05, 0) is 90.8 Å². The SMILES string of the molecule is O=C(CN(C(=O)c1ccc(Cl)cc1)N1C(=O)[C@@H]2[C@H]3C=C[C@@H]([C@@H]4C[C@H]34)[C@H]2C1=O)c1ccc(Oc2ccc([N+](=O)[O-])cc2)cc1. The molecule has 5 aliphatic rings. The number of hydrazine groups is 1. The topological polar surface area (TPSA) is 127 Å². The summed E-state index contributed by atoms with van der Waals surface area (Å²) in [4.78, 5) is 65.3. The van der Waals surface area contributed by atoms with E-state index in [0.29, 0.717) is 28.4 Å². The van der Waals surface area contributed by atoms with E-state index in [-0.39, 0.29) is 28.7 Å². The third kappa shape index (κ3) is 4.58. The highest BCUT2D eigenvalue weighted by Gasteiger charge is 2.68. The van der Waals surface area contributed by atoms with Crippen molar-refractivity contribution in [3.8, 4) is 11.5 Å². The first-order valence-corrected chi connectivity index (χ1v) is 14.3. The van der Waals surface area contributed by atoms with Crippen molar-refractivity contribution in [2.75, 3.05) is 6.54 Å². The Morgan fingerprint density at radius 3 is 1.88 bits per heavy atom. The van der Waals surface area contributed by atoms with E-state index in [2.05, 4.69) is 0 Å². The summed E-state index contributed by atoms with van der Waals surface area (Å²) >= 11 is 6.01. The van der Waals surface area contributed by atoms with Crippen LogP contribution in [0.1, 0.15) is 27.1 Å². The van der Waals surface area contributed by atoms with Crippen molar-refractivity contribution in [1.29, 1.82) is 0 Å². The second-order valence-electron chi connectivity index (χ2n) is 11.3. The molecular formula is C32H24ClN3O7. The van der Waals surface area contributed by atoms with Crippen LogP contribution in [0.4, 0.5) is 5.69 Å². The second-order valence-corrected chi connectivity index (χ2v) is 11.7. The van der Waals surface area contributed by atoms with Crippen LogP contribution in [0.2, 0.25) is 5.02 Å². The van der Waals surface area contributed by atoms with Crippen LogP contribution >= 0.6 is 11.6 Å². The standard InChI is InChI=1S/C32H24ClN3O7/c33-19-5-1-18(2-6-19)30(38)34(35-31(39)28-23-13-14-24(26-15-25(23)26)29(28)32(35)40)16-27(37)17-3-9-21(10-4-17)43-22-11-7-20(8-12-22)36(41)42/h1-14,23-26,28-29H,15-16H2/t23-,24-,25-,26+,28+,29+/m0/s1. The lowest BCUT2D eigenvalue weighted by atomic mass is 9.63. The van der Waals surface area contributed by atoms with Gasteiger partial charge in [0.05, 0.1) is 16.8 Å². The van der Waals surface area contributed by atoms with Gasteiger partial charge in [-0.2, -0.15) is 5.01 Å². The van der Waals surface area contributed by atoms with E-state index >= 15 is 0 Å². The van der Waals surface area contributed by atoms with Crippen LogP contribution in [0, 0.1) is 45.6 Å². The molecule has 3 aromatic carbocycles. The Hall–Kier alpha value is -4.83. The van der Waals surface area contributed by atoms with Crippen LogP contribution in [-0.4, -0.2) is 45.0 Å². The first-order valence-electron chi connectivity index (χ1n) is 13.9. The number of carbonyl (C=O) groups excluding carboxylic acids is 4. The molecule has 0 unspecified atom stereocenters. The zero-order chi connectivity index (χ0) is 30.0. The summed E-state index contributed by atoms with van der Waals surface area (Å²) in [6.07, 6.45) is 5.10. The minimum atomic E-state index is -0.658. The van der Waals surface area contributed by atoms with Gasteiger partial charge in [0, 0.05) is 28.3 Å². The number of Topliss-reactive ketones (excluding diaryl/α,β-unsaturated/α-hetero) is 1. The molecule has 0 aromatic heterocycles. The highest BCUT2D eigenvalue weighted by Crippen LogP contribution is 2.65. The first-order chi connectivity index (χ1) is 20.7. The van der Waals surface area contributed by atoms with Crippen molar-refractivity contribution >= 4 is 40.8 Å². The fraction of sp³-hybridized carbons (Fsp3) is 0.250. The fourth-order valence-corrected chi connectivity index (χ4v) is 6.99. The molecule has 3 aromatic rings. The molecule has 3 fully saturated rings. The third-order valence-electron chi connectivity index (χ3n) is 8.96. The van der Waals surface area contributed by atoms with Crippen molar-refractivity contribution in [3.05, 3.63) is 111 Å². The van der Waals surface area contributed by atoms with E-state index in [1.807, 2.05) is 12.2 Å². The molecule has 6 atom stereocenters. The van der Waals surface area contributed by atoms with Gasteiger partial charge in [-0.3, -0.25) is 29.3 Å². The van der Waals surface area contributed by atoms with Gasteiger partial charge in [-0.15, -0.1) is 0 Å². The number of nitro groups is 1. The normalized spacial score (nSPS) is 26.1. The smallest absolute Gasteiger partial charge is 0.273 e. The number of ketones is 1. The average molecular weight is 598 g/mol. The lowest BCUT2D eigenvalue weighted by Gasteiger charge is -2.37. The van der Waals surface area contributed by atoms with Crippen molar-refractivity contribution in [3.63, 3.8) is 0 Å². The molecule has 0 radical (unpaired) electrons. The van der Waals surface area contributed by atoms with Crippen LogP contribution in [0.25, 0.3) is 0 Å². The molecule has 1 heterocycles. The monoisotopic (exact) mass is 597 g/mol. The highest BCUT2D eigenvalue weighted by atomic mass is 35.5. The number of rotatable bonds is 8. The molecule has 1 aliphatic heterocycles. The number of halogens is 1. The van der Waals surface area contributed by atoms with Crippen LogP contribution in [-0.2, 0) is 9.59 Å². The lowest BCUT2D eigenvalue weighted by molar-refractivity contribution is -0.384. The van der Waals surface area contributed by atoms with Gasteiger partial charge in [0.2, 0.25) is 0 Å². The number of allylic oxidation sites excluding steroid dienone is 2. The van der Waals surface area contributed by atoms with E-state index in [1.165, 1.54) is 60.7 Å². The highest BCUT2D eigenvalue weighted by molar-refractivity contribution is 6.30. The summed E-state index contributed by atoms with van der Waals surface area (Å²) < 4.78 is 5.72. The largest absolute Gasteiger partial charge is 0.457 e. The number of non-ortho nitro benzene ring substituents is 1. The molecule has 11 heteroatoms. The maximum Gasteiger partial charge on any atom is 0.273 e. The molecule has 10 nitrogen and oxygen atoms in total. The number of imide groups is 1. The number of ether oxygens (including phenoxy) is 1. The van der Waals surface area contributed by atoms with E-state index in [4.69, 9.17) is 16.3 Å². The predicted octanol–water partition coefficient (Wildman–Crippen LogP) is 5.33. The Labute approximate surface area is 250 Å². The summed E-state index contributed by atoms with van der Waals surface area (Å²) in [6, 6.07) is 17.7. The molecule has 43 heavy (non-hydrogen) atoms. The van der Waals surface area contributed by atoms with Crippen molar-refractivity contribution in [2.45, 2.75) is 6.42 Å². The van der Waals surface area contributed by atoms with Crippen LogP contribution < -0.4 is 4.74 Å². The number of amides is 3. The number of hydrogen-bond acceptors (Lipinski definition) is 7. The van der Waals surface area contributed by atoms with Crippen molar-refractivity contribution < 1.29 is 28.8 Å². The van der Waals surface area contributed by atoms with Crippen LogP contribution in [0.3, 0.4) is 0 Å². The molecule has 4 aliphatic carbocycles. The zero-order valence-electron chi connectivity index (χ0n) is 22.5. The number of benzene rings is 3. The average Bonchev–Trinajstić information content (AvgIpc) is 3.79. The van der Waals surface area contributed by atoms with Crippen LogP contribution in [0.15, 0.2) is 84.9 Å². The summed E-state index contributed by atoms with van der Waals surface area (Å²) in [5.74, 6) is -1.62. The molecular weight excluding hydrogens is 574 g/mol. The van der Waals surface area contributed by atoms with E-state index in [9.17, 15) is 29.3 Å². The first kappa shape index (κ1) is 27.0. The molecule has 0 N–H and O–H groups in total. The van der Waals surface area contributed by atoms with Crippen molar-refractivity contribution in [2.24, 2.45) is 35.5 Å². The Morgan fingerprint density at radius 1 is 0.837 bits per heavy atom. The number of hydrogen-bond donors (Lipinski definition) is 0. The number of carbonyl (C=O) groups is 4. The van der Waals surface area contributed by atoms with Gasteiger partial charge >= 0.3 is 0 Å². The van der Waals surface area contributed by atoms with E-state index in [0.717, 1.165) is 16.4 Å². The zero-order valence-corrected chi connectivity index (χ0v) is 23.3. The predicted molar refractivity (Wildman–Crippen MR) is 153 cm³/mol. The van der Waals surface area contributed by atoms with Gasteiger partial charge < -0.3 is 4.74 Å². The molecule has 8 rings (SSSR count). The third-order valence-corrected chi connectivity index (χ3v) is 9.21. The Morgan fingerprint density at radius 2 is 1.35 bits per heavy atom. The maximum atomic E-state index is 13.8. The number of nitro benzene ring substituents is 1. The van der Waals surface area contributed by atoms with Crippen LogP contribution in [0.5, 0.6) is 11.5 Å². The summed E-state index contributed by atoms with van der Waals surface area (Å²) in [6.45, 7) is -0.531. The Kier molecular flexibility index (Phi) is 6.39. The van der Waals surface area contributed by atoms with Gasteiger partial charge in [-0.25, -0.2) is 5.01 Å². The van der Waals surface area contributed by atoms with Gasteiger partial charge in [0.25, 0.3) is 23.4 Å². The second kappa shape index (κ2) is 10.2. The lowest BCUT2D eigenvalue weighted by Crippen LogP contribution is -2.52. The summed E-state index contributed by atoms with van der Waals surface area (Å²) in [7, 11) is 0. The van der Waals surface area contributed by atoms with Gasteiger partial charge in [0.15, 0.2) is 5.78 Å². The molecule has 216 valence electrons. The summed E-state index contributed by atoms with van der Waals surface area (Å²) in [5, 5.41) is 13.2. The fourth-order valence-electron chi connectivity index (χ4n) is 6.86. The maximum absolute atomic E-state index is 13.8. The molecule has 2 saturated carbocycles. The minimum Gasteiger partial charge on any atom is -0.457 e. The molecule has 3 amide bonds. The number of nitrogens with zero attached hydrogens (tertiary/aromatic N) is 3. The minimum absolute atomic E-state index is 0.0343. The van der Waals surface area contributed by atoms with Gasteiger partial charge in [-0.1, -0.05) is 23.8 Å². The Bertz CT molecular complexity index is 1670.